The van der Waals surface area contributed by atoms with Gasteiger partial charge in [-0.25, -0.2) is 4.39 Å². The maximum atomic E-state index is 13.7. The molecule has 2 aromatic carbocycles. The summed E-state index contributed by atoms with van der Waals surface area (Å²) in [7, 11) is 1.62. The van der Waals surface area contributed by atoms with Crippen molar-refractivity contribution in [1.29, 1.82) is 0 Å². The Labute approximate surface area is 211 Å². The lowest BCUT2D eigenvalue weighted by atomic mass is 9.93. The van der Waals surface area contributed by atoms with Crippen LogP contribution in [0.15, 0.2) is 64.5 Å². The van der Waals surface area contributed by atoms with E-state index in [0.717, 1.165) is 17.5 Å². The molecule has 2 heterocycles. The fourth-order valence-electron chi connectivity index (χ4n) is 4.30. The number of rotatable bonds is 8. The maximum Gasteiger partial charge on any atom is 0.255 e. The molecule has 0 radical (unpaired) electrons. The summed E-state index contributed by atoms with van der Waals surface area (Å²) < 4.78 is 19.5. The van der Waals surface area contributed by atoms with Gasteiger partial charge in [0, 0.05) is 36.2 Å². The van der Waals surface area contributed by atoms with Gasteiger partial charge in [-0.2, -0.15) is 0 Å². The van der Waals surface area contributed by atoms with Crippen LogP contribution in [-0.2, 0) is 16.0 Å². The molecule has 0 saturated carbocycles. The molecule has 0 aliphatic carbocycles. The number of carbonyl (C=O) groups excluding carboxylic acids is 2. The van der Waals surface area contributed by atoms with Gasteiger partial charge in [-0.15, -0.1) is 11.3 Å². The minimum absolute atomic E-state index is 0.0406. The van der Waals surface area contributed by atoms with Crippen LogP contribution >= 0.6 is 27.3 Å². The number of halogens is 2. The summed E-state index contributed by atoms with van der Waals surface area (Å²) in [6.07, 6.45) is 1.38. The van der Waals surface area contributed by atoms with Gasteiger partial charge in [-0.3, -0.25) is 9.59 Å². The van der Waals surface area contributed by atoms with Crippen LogP contribution in [0.25, 0.3) is 0 Å². The summed E-state index contributed by atoms with van der Waals surface area (Å²) in [5.41, 5.74) is 2.44. The molecule has 2 amide bonds. The van der Waals surface area contributed by atoms with E-state index in [4.69, 9.17) is 4.74 Å². The molecule has 4 rings (SSSR count). The van der Waals surface area contributed by atoms with Crippen molar-refractivity contribution in [3.05, 3.63) is 91.8 Å². The summed E-state index contributed by atoms with van der Waals surface area (Å²) in [6.45, 7) is 1.40. The molecular formula is C26H26BrFN2O3S. The molecule has 8 heteroatoms. The first kappa shape index (κ1) is 24.6. The van der Waals surface area contributed by atoms with Gasteiger partial charge in [-0.05, 0) is 75.6 Å². The summed E-state index contributed by atoms with van der Waals surface area (Å²) in [6, 6.07) is 15.3. The SMILES string of the molecule is COCCCN(CC(=O)N1CCc2sccc2C1c1ccc(F)cc1)C(=O)c1ccccc1Br. The number of methoxy groups -OCH3 is 1. The Hall–Kier alpha value is -2.55. The first-order valence-electron chi connectivity index (χ1n) is 11.1. The van der Waals surface area contributed by atoms with Crippen LogP contribution in [0.2, 0.25) is 0 Å². The van der Waals surface area contributed by atoms with Gasteiger partial charge in [0.1, 0.15) is 12.4 Å². The Kier molecular flexibility index (Phi) is 8.13. The van der Waals surface area contributed by atoms with Crippen LogP contribution in [0.4, 0.5) is 4.39 Å². The van der Waals surface area contributed by atoms with Crippen LogP contribution in [0.3, 0.4) is 0 Å². The first-order valence-corrected chi connectivity index (χ1v) is 12.8. The second-order valence-electron chi connectivity index (χ2n) is 8.14. The molecular weight excluding hydrogens is 519 g/mol. The molecule has 5 nitrogen and oxygen atoms in total. The van der Waals surface area contributed by atoms with E-state index in [1.165, 1.54) is 17.0 Å². The van der Waals surface area contributed by atoms with E-state index in [1.807, 2.05) is 28.5 Å². The van der Waals surface area contributed by atoms with Gasteiger partial charge < -0.3 is 14.5 Å². The average molecular weight is 545 g/mol. The molecule has 0 fully saturated rings. The normalized spacial score (nSPS) is 15.1. The second kappa shape index (κ2) is 11.3. The standard InChI is InChI=1S/C26H26BrFN2O3S/c1-33-15-4-13-29(26(32)20-5-2-3-6-22(20)27)17-24(31)30-14-11-23-21(12-16-34-23)25(30)18-7-9-19(28)10-8-18/h2-3,5-10,12,16,25H,4,11,13-15,17H2,1H3. The second-order valence-corrected chi connectivity index (χ2v) is 10.00. The average Bonchev–Trinajstić information content (AvgIpc) is 3.32. The van der Waals surface area contributed by atoms with Crippen LogP contribution in [0.5, 0.6) is 0 Å². The highest BCUT2D eigenvalue weighted by Crippen LogP contribution is 2.38. The van der Waals surface area contributed by atoms with Crippen LogP contribution in [0, 0.1) is 5.82 Å². The number of nitrogens with zero attached hydrogens (tertiary/aromatic N) is 2. The zero-order chi connectivity index (χ0) is 24.1. The summed E-state index contributed by atoms with van der Waals surface area (Å²) in [5, 5.41) is 2.03. The summed E-state index contributed by atoms with van der Waals surface area (Å²) in [5.74, 6) is -0.654. The zero-order valence-electron chi connectivity index (χ0n) is 18.9. The molecule has 0 bridgehead atoms. The highest BCUT2D eigenvalue weighted by molar-refractivity contribution is 9.10. The minimum Gasteiger partial charge on any atom is -0.385 e. The van der Waals surface area contributed by atoms with Crippen molar-refractivity contribution in [2.45, 2.75) is 18.9 Å². The number of benzene rings is 2. The predicted octanol–water partition coefficient (Wildman–Crippen LogP) is 5.30. The van der Waals surface area contributed by atoms with Crippen molar-refractivity contribution in [2.24, 2.45) is 0 Å². The van der Waals surface area contributed by atoms with E-state index in [9.17, 15) is 14.0 Å². The largest absolute Gasteiger partial charge is 0.385 e. The van der Waals surface area contributed by atoms with Crippen molar-refractivity contribution < 1.29 is 18.7 Å². The molecule has 34 heavy (non-hydrogen) atoms. The van der Waals surface area contributed by atoms with Gasteiger partial charge in [0.05, 0.1) is 11.6 Å². The molecule has 0 N–H and O–H groups in total. The number of thiophene rings is 1. The maximum absolute atomic E-state index is 13.7. The Morgan fingerprint density at radius 2 is 1.94 bits per heavy atom. The van der Waals surface area contributed by atoms with Crippen molar-refractivity contribution >= 4 is 39.1 Å². The minimum atomic E-state index is -0.314. The number of fused-ring (bicyclic) bond motifs is 1. The fourth-order valence-corrected chi connectivity index (χ4v) is 5.66. The molecule has 0 spiro atoms. The summed E-state index contributed by atoms with van der Waals surface area (Å²) in [4.78, 5) is 31.7. The van der Waals surface area contributed by atoms with Gasteiger partial charge in [0.15, 0.2) is 0 Å². The Balaban J connectivity index is 1.61. The number of hydrogen-bond acceptors (Lipinski definition) is 4. The Morgan fingerprint density at radius 1 is 1.18 bits per heavy atom. The third kappa shape index (κ3) is 5.40. The molecule has 1 atom stereocenters. The fraction of sp³-hybridized carbons (Fsp3) is 0.308. The smallest absolute Gasteiger partial charge is 0.255 e. The van der Waals surface area contributed by atoms with E-state index in [0.29, 0.717) is 36.2 Å². The van der Waals surface area contributed by atoms with Crippen LogP contribution in [0.1, 0.15) is 38.8 Å². The highest BCUT2D eigenvalue weighted by Gasteiger charge is 2.34. The molecule has 178 valence electrons. The number of amides is 2. The number of carbonyl (C=O) groups is 2. The molecule has 1 aliphatic rings. The Morgan fingerprint density at radius 3 is 2.68 bits per heavy atom. The van der Waals surface area contributed by atoms with Crippen LogP contribution in [-0.4, -0.2) is 55.0 Å². The van der Waals surface area contributed by atoms with Crippen molar-refractivity contribution in [3.63, 3.8) is 0 Å². The van der Waals surface area contributed by atoms with Crippen molar-refractivity contribution in [2.75, 3.05) is 33.4 Å². The molecule has 0 saturated heterocycles. The number of hydrogen-bond donors (Lipinski definition) is 0. The first-order chi connectivity index (χ1) is 16.5. The highest BCUT2D eigenvalue weighted by atomic mass is 79.9. The molecule has 3 aromatic rings. The number of ether oxygens (including phenoxy) is 1. The van der Waals surface area contributed by atoms with E-state index in [2.05, 4.69) is 15.9 Å². The van der Waals surface area contributed by atoms with Crippen molar-refractivity contribution in [1.82, 2.24) is 9.80 Å². The third-order valence-corrected chi connectivity index (χ3v) is 7.65. The van der Waals surface area contributed by atoms with E-state index >= 15 is 0 Å². The molecule has 1 aliphatic heterocycles. The molecule has 1 aromatic heterocycles. The van der Waals surface area contributed by atoms with E-state index in [-0.39, 0.29) is 30.2 Å². The van der Waals surface area contributed by atoms with Crippen molar-refractivity contribution in [3.8, 4) is 0 Å². The monoisotopic (exact) mass is 544 g/mol. The van der Waals surface area contributed by atoms with E-state index < -0.39 is 0 Å². The lowest BCUT2D eigenvalue weighted by molar-refractivity contribution is -0.134. The lowest BCUT2D eigenvalue weighted by Crippen LogP contribution is -2.47. The van der Waals surface area contributed by atoms with Gasteiger partial charge in [-0.1, -0.05) is 24.3 Å². The predicted molar refractivity (Wildman–Crippen MR) is 135 cm³/mol. The molecule has 1 unspecified atom stereocenters. The zero-order valence-corrected chi connectivity index (χ0v) is 21.3. The van der Waals surface area contributed by atoms with Gasteiger partial charge in [0.2, 0.25) is 5.91 Å². The summed E-state index contributed by atoms with van der Waals surface area (Å²) >= 11 is 5.13. The van der Waals surface area contributed by atoms with Crippen LogP contribution < -0.4 is 0 Å². The topological polar surface area (TPSA) is 49.9 Å². The van der Waals surface area contributed by atoms with E-state index in [1.54, 1.807) is 47.6 Å². The van der Waals surface area contributed by atoms with Gasteiger partial charge in [0.25, 0.3) is 5.91 Å². The third-order valence-electron chi connectivity index (χ3n) is 5.97. The van der Waals surface area contributed by atoms with Gasteiger partial charge >= 0.3 is 0 Å². The Bertz CT molecular complexity index is 1150. The lowest BCUT2D eigenvalue weighted by Gasteiger charge is -2.37. The quantitative estimate of drug-likeness (QED) is 0.361.